The Balaban J connectivity index is 2.39. The first-order valence-corrected chi connectivity index (χ1v) is 7.63. The van der Waals surface area contributed by atoms with Gasteiger partial charge >= 0.3 is 0 Å². The van der Waals surface area contributed by atoms with Crippen LogP contribution in [0.5, 0.6) is 0 Å². The molecule has 1 aromatic carbocycles. The van der Waals surface area contributed by atoms with Gasteiger partial charge in [-0.3, -0.25) is 4.57 Å². The normalized spacial score (nSPS) is 11.4. The van der Waals surface area contributed by atoms with E-state index in [0.717, 1.165) is 32.5 Å². The van der Waals surface area contributed by atoms with Crippen molar-refractivity contribution in [3.05, 3.63) is 38.1 Å². The third-order valence-electron chi connectivity index (χ3n) is 3.22. The van der Waals surface area contributed by atoms with Crippen LogP contribution in [0.2, 0.25) is 0 Å². The first-order chi connectivity index (χ1) is 9.52. The van der Waals surface area contributed by atoms with E-state index in [9.17, 15) is 4.39 Å². The van der Waals surface area contributed by atoms with E-state index < -0.39 is 0 Å². The van der Waals surface area contributed by atoms with Crippen molar-refractivity contribution in [2.24, 2.45) is 7.05 Å². The number of H-pyrrole nitrogens is 1. The van der Waals surface area contributed by atoms with Crippen molar-refractivity contribution in [3.8, 4) is 5.69 Å². The van der Waals surface area contributed by atoms with Crippen LogP contribution >= 0.6 is 34.8 Å². The number of halogens is 2. The Hall–Kier alpha value is -1.22. The highest BCUT2D eigenvalue weighted by Gasteiger charge is 2.16. The SMILES string of the molecule is CCc1nn(C)c2c1[nH]c(=S)n2-c1ccc(F)cc1I. The molecule has 0 unspecified atom stereocenters. The van der Waals surface area contributed by atoms with Crippen LogP contribution in [0, 0.1) is 14.2 Å². The lowest BCUT2D eigenvalue weighted by Gasteiger charge is -2.07. The summed E-state index contributed by atoms with van der Waals surface area (Å²) < 4.78 is 18.4. The lowest BCUT2D eigenvalue weighted by Crippen LogP contribution is -2.03. The van der Waals surface area contributed by atoms with E-state index >= 15 is 0 Å². The Morgan fingerprint density at radius 3 is 2.85 bits per heavy atom. The van der Waals surface area contributed by atoms with E-state index in [1.807, 2.05) is 11.6 Å². The molecule has 0 aliphatic heterocycles. The van der Waals surface area contributed by atoms with Crippen LogP contribution in [-0.4, -0.2) is 19.3 Å². The molecule has 0 aliphatic rings. The van der Waals surface area contributed by atoms with E-state index in [4.69, 9.17) is 12.2 Å². The van der Waals surface area contributed by atoms with E-state index in [0.29, 0.717) is 4.77 Å². The van der Waals surface area contributed by atoms with Gasteiger partial charge in [0, 0.05) is 10.6 Å². The molecule has 0 aliphatic carbocycles. The van der Waals surface area contributed by atoms with Crippen LogP contribution in [0.4, 0.5) is 4.39 Å². The van der Waals surface area contributed by atoms with Crippen molar-refractivity contribution in [1.29, 1.82) is 0 Å². The predicted molar refractivity (Wildman–Crippen MR) is 87.3 cm³/mol. The number of benzene rings is 1. The molecule has 0 bridgehead atoms. The zero-order valence-corrected chi connectivity index (χ0v) is 13.9. The monoisotopic (exact) mass is 402 g/mol. The van der Waals surface area contributed by atoms with Crippen LogP contribution in [0.1, 0.15) is 12.6 Å². The van der Waals surface area contributed by atoms with Gasteiger partial charge in [-0.2, -0.15) is 5.10 Å². The molecule has 2 heterocycles. The average molecular weight is 402 g/mol. The molecule has 1 N–H and O–H groups in total. The van der Waals surface area contributed by atoms with Crippen molar-refractivity contribution in [2.45, 2.75) is 13.3 Å². The van der Waals surface area contributed by atoms with Gasteiger partial charge in [0.05, 0.1) is 11.4 Å². The van der Waals surface area contributed by atoms with E-state index in [1.54, 1.807) is 10.7 Å². The highest BCUT2D eigenvalue weighted by molar-refractivity contribution is 14.1. The quantitative estimate of drug-likeness (QED) is 0.524. The van der Waals surface area contributed by atoms with Gasteiger partial charge in [-0.15, -0.1) is 0 Å². The van der Waals surface area contributed by atoms with Gasteiger partial charge in [0.15, 0.2) is 10.4 Å². The lowest BCUT2D eigenvalue weighted by atomic mass is 10.3. The maximum atomic E-state index is 13.3. The summed E-state index contributed by atoms with van der Waals surface area (Å²) in [7, 11) is 1.89. The zero-order chi connectivity index (χ0) is 14.4. The molecule has 7 heteroatoms. The molecular weight excluding hydrogens is 390 g/mol. The highest BCUT2D eigenvalue weighted by atomic mass is 127. The smallest absolute Gasteiger partial charge is 0.184 e. The summed E-state index contributed by atoms with van der Waals surface area (Å²) >= 11 is 7.53. The summed E-state index contributed by atoms with van der Waals surface area (Å²) in [5.74, 6) is -0.254. The Morgan fingerprint density at radius 2 is 2.20 bits per heavy atom. The maximum absolute atomic E-state index is 13.3. The third-order valence-corrected chi connectivity index (χ3v) is 4.37. The molecular formula is C13H12FIN4S. The van der Waals surface area contributed by atoms with Gasteiger partial charge in [0.25, 0.3) is 0 Å². The number of nitrogens with one attached hydrogen (secondary N) is 1. The minimum Gasteiger partial charge on any atom is -0.327 e. The van der Waals surface area contributed by atoms with E-state index in [-0.39, 0.29) is 5.82 Å². The number of aromatic amines is 1. The molecule has 3 aromatic rings. The Morgan fingerprint density at radius 1 is 1.45 bits per heavy atom. The molecule has 20 heavy (non-hydrogen) atoms. The molecule has 0 fully saturated rings. The van der Waals surface area contributed by atoms with Gasteiger partial charge < -0.3 is 4.98 Å². The molecule has 0 spiro atoms. The minimum atomic E-state index is -0.254. The number of hydrogen-bond acceptors (Lipinski definition) is 2. The fourth-order valence-electron chi connectivity index (χ4n) is 2.35. The topological polar surface area (TPSA) is 38.5 Å². The van der Waals surface area contributed by atoms with Gasteiger partial charge in [0.1, 0.15) is 11.3 Å². The van der Waals surface area contributed by atoms with Crippen LogP contribution in [0.25, 0.3) is 16.9 Å². The summed E-state index contributed by atoms with van der Waals surface area (Å²) in [6.07, 6.45) is 0.827. The van der Waals surface area contributed by atoms with Crippen molar-refractivity contribution >= 4 is 46.0 Å². The molecule has 0 saturated heterocycles. The zero-order valence-electron chi connectivity index (χ0n) is 10.9. The van der Waals surface area contributed by atoms with Gasteiger partial charge in [-0.1, -0.05) is 6.92 Å². The van der Waals surface area contributed by atoms with Crippen molar-refractivity contribution < 1.29 is 4.39 Å². The minimum absolute atomic E-state index is 0.254. The molecule has 0 amide bonds. The Kier molecular flexibility index (Phi) is 3.41. The molecule has 0 atom stereocenters. The Labute approximate surface area is 133 Å². The molecule has 0 radical (unpaired) electrons. The number of nitrogens with zero attached hydrogens (tertiary/aromatic N) is 3. The number of hydrogen-bond donors (Lipinski definition) is 1. The molecule has 0 saturated carbocycles. The van der Waals surface area contributed by atoms with Gasteiger partial charge in [-0.25, -0.2) is 9.07 Å². The van der Waals surface area contributed by atoms with Gasteiger partial charge in [0.2, 0.25) is 0 Å². The Bertz CT molecular complexity index is 861. The standard InChI is InChI=1S/C13H12FIN4S/c1-3-9-11-12(18(2)17-9)19(13(20)16-11)10-5-4-7(14)6-8(10)15/h4-6H,3H2,1-2H3,(H,16,20). The first-order valence-electron chi connectivity index (χ1n) is 6.15. The van der Waals surface area contributed by atoms with Crippen molar-refractivity contribution in [2.75, 3.05) is 0 Å². The van der Waals surface area contributed by atoms with Crippen molar-refractivity contribution in [1.82, 2.24) is 19.3 Å². The summed E-state index contributed by atoms with van der Waals surface area (Å²) in [4.78, 5) is 3.21. The van der Waals surface area contributed by atoms with Crippen LogP contribution in [0.3, 0.4) is 0 Å². The van der Waals surface area contributed by atoms with Crippen LogP contribution in [-0.2, 0) is 13.5 Å². The van der Waals surface area contributed by atoms with E-state index in [2.05, 4.69) is 39.6 Å². The second-order valence-electron chi connectivity index (χ2n) is 4.48. The maximum Gasteiger partial charge on any atom is 0.184 e. The second-order valence-corrected chi connectivity index (χ2v) is 6.03. The first kappa shape index (κ1) is 13.7. The van der Waals surface area contributed by atoms with E-state index in [1.165, 1.54) is 12.1 Å². The fraction of sp³-hybridized carbons (Fsp3) is 0.231. The molecule has 4 nitrogen and oxygen atoms in total. The largest absolute Gasteiger partial charge is 0.327 e. The lowest BCUT2D eigenvalue weighted by molar-refractivity contribution is 0.626. The average Bonchev–Trinajstić information content (AvgIpc) is 2.87. The van der Waals surface area contributed by atoms with Crippen molar-refractivity contribution in [3.63, 3.8) is 0 Å². The number of imidazole rings is 1. The van der Waals surface area contributed by atoms with Crippen LogP contribution < -0.4 is 0 Å². The predicted octanol–water partition coefficient (Wildman–Crippen LogP) is 3.73. The number of rotatable bonds is 2. The molecule has 104 valence electrons. The highest BCUT2D eigenvalue weighted by Crippen LogP contribution is 2.25. The number of aromatic nitrogens is 4. The summed E-state index contributed by atoms with van der Waals surface area (Å²) in [5.41, 5.74) is 3.68. The summed E-state index contributed by atoms with van der Waals surface area (Å²) in [5, 5.41) is 4.48. The number of aryl methyl sites for hydroxylation is 2. The summed E-state index contributed by atoms with van der Waals surface area (Å²) in [6, 6.07) is 4.67. The fourth-order valence-corrected chi connectivity index (χ4v) is 3.35. The third kappa shape index (κ3) is 1.99. The summed E-state index contributed by atoms with van der Waals surface area (Å²) in [6.45, 7) is 2.05. The molecule has 2 aromatic heterocycles. The molecule has 3 rings (SSSR count). The second kappa shape index (κ2) is 4.96. The van der Waals surface area contributed by atoms with Crippen LogP contribution in [0.15, 0.2) is 18.2 Å². The van der Waals surface area contributed by atoms with Gasteiger partial charge in [-0.05, 0) is 59.4 Å². The number of fused-ring (bicyclic) bond motifs is 1.